The van der Waals surface area contributed by atoms with Crippen molar-refractivity contribution in [3.05, 3.63) is 117 Å². The molecule has 0 bridgehead atoms. The zero-order valence-corrected chi connectivity index (χ0v) is 18.9. The molecule has 0 unspecified atom stereocenters. The smallest absolute Gasteiger partial charge is 0.303 e. The predicted molar refractivity (Wildman–Crippen MR) is 130 cm³/mol. The fourth-order valence-electron chi connectivity index (χ4n) is 3.86. The Morgan fingerprint density at radius 2 is 1.66 bits per heavy atom. The summed E-state index contributed by atoms with van der Waals surface area (Å²) in [5.41, 5.74) is 1.94. The second-order valence-corrected chi connectivity index (χ2v) is 8.33. The molecule has 0 atom stereocenters. The average Bonchev–Trinajstić information content (AvgIpc) is 3.31. The third-order valence-corrected chi connectivity index (χ3v) is 5.81. The highest BCUT2D eigenvalue weighted by Crippen LogP contribution is 2.24. The molecule has 0 radical (unpaired) electrons. The van der Waals surface area contributed by atoms with Gasteiger partial charge in [-0.25, -0.2) is 13.9 Å². The summed E-state index contributed by atoms with van der Waals surface area (Å²) in [6, 6.07) is 20.9. The minimum absolute atomic E-state index is 0.0528. The summed E-state index contributed by atoms with van der Waals surface area (Å²) in [5, 5.41) is 6.15. The molecule has 1 aliphatic rings. The lowest BCUT2D eigenvalue weighted by Gasteiger charge is -2.11. The zero-order valence-electron chi connectivity index (χ0n) is 18.2. The van der Waals surface area contributed by atoms with Gasteiger partial charge in [0.05, 0.1) is 23.5 Å². The number of carbonyl (C=O) groups excluding carboxylic acids is 2. The quantitative estimate of drug-likeness (QED) is 0.315. The number of aromatic amines is 1. The Labute approximate surface area is 204 Å². The summed E-state index contributed by atoms with van der Waals surface area (Å²) in [5.74, 6) is -1.08. The van der Waals surface area contributed by atoms with Gasteiger partial charge in [0.15, 0.2) is 0 Å². The molecule has 0 aliphatic carbocycles. The SMILES string of the molecule is O=C1NC(=Cc2c(-c3ccccc3)[nH]n(-c3ccc(Cl)cc3)c2=O)C(=O)N1Cc1cccc(F)c1. The number of carbonyl (C=O) groups is 2. The number of imide groups is 1. The van der Waals surface area contributed by atoms with Crippen molar-refractivity contribution < 1.29 is 14.0 Å². The molecule has 1 aromatic heterocycles. The molecular weight excluding hydrogens is 471 g/mol. The van der Waals surface area contributed by atoms with E-state index in [0.29, 0.717) is 22.0 Å². The van der Waals surface area contributed by atoms with Crippen molar-refractivity contribution >= 4 is 29.6 Å². The lowest BCUT2D eigenvalue weighted by molar-refractivity contribution is -0.123. The first-order chi connectivity index (χ1) is 16.9. The Bertz CT molecular complexity index is 1520. The molecule has 2 heterocycles. The van der Waals surface area contributed by atoms with Crippen LogP contribution >= 0.6 is 11.6 Å². The molecule has 1 fully saturated rings. The average molecular weight is 489 g/mol. The van der Waals surface area contributed by atoms with E-state index in [0.717, 1.165) is 10.5 Å². The van der Waals surface area contributed by atoms with Gasteiger partial charge in [0.25, 0.3) is 11.5 Å². The number of hydrogen-bond donors (Lipinski definition) is 2. The number of rotatable bonds is 5. The van der Waals surface area contributed by atoms with Crippen molar-refractivity contribution in [1.29, 1.82) is 0 Å². The minimum Gasteiger partial charge on any atom is -0.303 e. The summed E-state index contributed by atoms with van der Waals surface area (Å²) in [4.78, 5) is 39.9. The van der Waals surface area contributed by atoms with Crippen LogP contribution in [0.4, 0.5) is 9.18 Å². The Morgan fingerprint density at radius 3 is 2.37 bits per heavy atom. The molecule has 1 saturated heterocycles. The van der Waals surface area contributed by atoms with Gasteiger partial charge >= 0.3 is 6.03 Å². The van der Waals surface area contributed by atoms with Crippen LogP contribution in [0.5, 0.6) is 0 Å². The number of halogens is 2. The topological polar surface area (TPSA) is 87.2 Å². The van der Waals surface area contributed by atoms with Gasteiger partial charge in [-0.2, -0.15) is 0 Å². The van der Waals surface area contributed by atoms with Crippen molar-refractivity contribution in [2.75, 3.05) is 0 Å². The third kappa shape index (κ3) is 4.39. The standard InChI is InChI=1S/C26H18ClFN4O3/c27-18-9-11-20(12-10-18)32-24(33)21(23(30-32)17-6-2-1-3-7-17)14-22-25(34)31(26(35)29-22)15-16-5-4-8-19(28)13-16/h1-14,30H,15H2,(H,29,35). The van der Waals surface area contributed by atoms with Gasteiger partial charge in [-0.3, -0.25) is 19.6 Å². The molecule has 7 nitrogen and oxygen atoms in total. The second-order valence-electron chi connectivity index (χ2n) is 7.89. The lowest BCUT2D eigenvalue weighted by Crippen LogP contribution is -2.30. The van der Waals surface area contributed by atoms with Crippen molar-refractivity contribution in [2.45, 2.75) is 6.54 Å². The van der Waals surface area contributed by atoms with Gasteiger partial charge in [-0.05, 0) is 48.0 Å². The van der Waals surface area contributed by atoms with E-state index in [4.69, 9.17) is 11.6 Å². The van der Waals surface area contributed by atoms with Crippen molar-refractivity contribution in [3.8, 4) is 16.9 Å². The third-order valence-electron chi connectivity index (χ3n) is 5.55. The summed E-state index contributed by atoms with van der Waals surface area (Å²) < 4.78 is 14.9. The molecule has 3 amide bonds. The van der Waals surface area contributed by atoms with Crippen LogP contribution in [0.1, 0.15) is 11.1 Å². The number of H-pyrrole nitrogens is 1. The van der Waals surface area contributed by atoms with E-state index >= 15 is 0 Å². The molecular formula is C26H18ClFN4O3. The molecule has 1 aliphatic heterocycles. The maximum atomic E-state index is 13.6. The fraction of sp³-hybridized carbons (Fsp3) is 0.0385. The lowest BCUT2D eigenvalue weighted by atomic mass is 10.1. The van der Waals surface area contributed by atoms with Gasteiger partial charge in [0.2, 0.25) is 0 Å². The number of nitrogens with zero attached hydrogens (tertiary/aromatic N) is 2. The molecule has 174 valence electrons. The van der Waals surface area contributed by atoms with Gasteiger partial charge in [-0.1, -0.05) is 54.1 Å². The summed E-state index contributed by atoms with van der Waals surface area (Å²) >= 11 is 5.98. The van der Waals surface area contributed by atoms with Crippen LogP contribution in [0.3, 0.4) is 0 Å². The normalized spacial score (nSPS) is 14.6. The van der Waals surface area contributed by atoms with Gasteiger partial charge in [0.1, 0.15) is 11.5 Å². The maximum absolute atomic E-state index is 13.6. The molecule has 35 heavy (non-hydrogen) atoms. The molecule has 5 rings (SSSR count). The van der Waals surface area contributed by atoms with E-state index < -0.39 is 23.3 Å². The van der Waals surface area contributed by atoms with Crippen LogP contribution in [0.2, 0.25) is 5.02 Å². The first kappa shape index (κ1) is 22.4. The van der Waals surface area contributed by atoms with Crippen molar-refractivity contribution in [3.63, 3.8) is 0 Å². The van der Waals surface area contributed by atoms with Gasteiger partial charge in [-0.15, -0.1) is 0 Å². The van der Waals surface area contributed by atoms with E-state index in [1.165, 1.54) is 29.0 Å². The largest absolute Gasteiger partial charge is 0.329 e. The number of urea groups is 1. The highest BCUT2D eigenvalue weighted by atomic mass is 35.5. The number of benzene rings is 3. The Balaban J connectivity index is 1.56. The first-order valence-corrected chi connectivity index (χ1v) is 11.0. The van der Waals surface area contributed by atoms with E-state index in [-0.39, 0.29) is 17.8 Å². The van der Waals surface area contributed by atoms with Gasteiger partial charge < -0.3 is 5.32 Å². The summed E-state index contributed by atoms with van der Waals surface area (Å²) in [6.45, 7) is -0.104. The zero-order chi connectivity index (χ0) is 24.5. The van der Waals surface area contributed by atoms with Crippen LogP contribution < -0.4 is 10.9 Å². The van der Waals surface area contributed by atoms with Crippen LogP contribution in [-0.4, -0.2) is 26.6 Å². The highest BCUT2D eigenvalue weighted by molar-refractivity contribution is 6.30. The molecule has 2 N–H and O–H groups in total. The molecule has 4 aromatic rings. The van der Waals surface area contributed by atoms with Crippen LogP contribution in [0.15, 0.2) is 89.4 Å². The van der Waals surface area contributed by atoms with E-state index in [1.807, 2.05) is 30.3 Å². The van der Waals surface area contributed by atoms with E-state index in [2.05, 4.69) is 10.4 Å². The molecule has 9 heteroatoms. The van der Waals surface area contributed by atoms with Gasteiger partial charge in [0, 0.05) is 10.6 Å². The number of aromatic nitrogens is 2. The number of nitrogens with one attached hydrogen (secondary N) is 2. The number of hydrogen-bond acceptors (Lipinski definition) is 3. The molecule has 0 spiro atoms. The fourth-order valence-corrected chi connectivity index (χ4v) is 3.98. The second kappa shape index (κ2) is 9.08. The van der Waals surface area contributed by atoms with E-state index in [1.54, 1.807) is 30.3 Å². The summed E-state index contributed by atoms with van der Waals surface area (Å²) in [6.07, 6.45) is 1.36. The highest BCUT2D eigenvalue weighted by Gasteiger charge is 2.34. The Hall–Kier alpha value is -4.43. The Morgan fingerprint density at radius 1 is 0.914 bits per heavy atom. The predicted octanol–water partition coefficient (Wildman–Crippen LogP) is 4.72. The monoisotopic (exact) mass is 488 g/mol. The number of amides is 3. The van der Waals surface area contributed by atoms with Crippen molar-refractivity contribution in [1.82, 2.24) is 20.0 Å². The molecule has 0 saturated carbocycles. The minimum atomic E-state index is -0.652. The van der Waals surface area contributed by atoms with Crippen LogP contribution in [-0.2, 0) is 11.3 Å². The van der Waals surface area contributed by atoms with Crippen molar-refractivity contribution in [2.24, 2.45) is 0 Å². The first-order valence-electron chi connectivity index (χ1n) is 10.7. The Kier molecular flexibility index (Phi) is 5.80. The summed E-state index contributed by atoms with van der Waals surface area (Å²) in [7, 11) is 0. The molecule has 3 aromatic carbocycles. The van der Waals surface area contributed by atoms with Crippen LogP contribution in [0, 0.1) is 5.82 Å². The van der Waals surface area contributed by atoms with E-state index in [9.17, 15) is 18.8 Å². The maximum Gasteiger partial charge on any atom is 0.329 e. The van der Waals surface area contributed by atoms with Crippen LogP contribution in [0.25, 0.3) is 23.0 Å².